The molecule has 0 aromatic heterocycles. The molecule has 0 fully saturated rings. The molecule has 0 heterocycles. The Morgan fingerprint density at radius 2 is 0.974 bits per heavy atom. The van der Waals surface area contributed by atoms with Crippen molar-refractivity contribution in [2.75, 3.05) is 34.3 Å². The lowest BCUT2D eigenvalue weighted by molar-refractivity contribution is -0.874. The van der Waals surface area contributed by atoms with Crippen molar-refractivity contribution in [3.05, 3.63) is 0 Å². The summed E-state index contributed by atoms with van der Waals surface area (Å²) >= 11 is 0. The van der Waals surface area contributed by atoms with Crippen molar-refractivity contribution < 1.29 is 32.6 Å². The van der Waals surface area contributed by atoms with Gasteiger partial charge < -0.3 is 13.9 Å². The van der Waals surface area contributed by atoms with Crippen molar-refractivity contribution in [3.63, 3.8) is 0 Å². The van der Waals surface area contributed by atoms with E-state index in [9.17, 15) is 19.0 Å². The zero-order chi connectivity index (χ0) is 29.6. The number of carbonyl (C=O) groups is 2. The van der Waals surface area contributed by atoms with Gasteiger partial charge in [-0.3, -0.25) is 18.7 Å². The van der Waals surface area contributed by atoms with E-state index in [-0.39, 0.29) is 30.5 Å². The van der Waals surface area contributed by atoms with E-state index in [0.717, 1.165) is 38.5 Å². The fourth-order valence-corrected chi connectivity index (χ4v) is 6.11. The third-order valence-corrected chi connectivity index (χ3v) is 8.28. The van der Waals surface area contributed by atoms with Gasteiger partial charge in [0.15, 0.2) is 11.6 Å². The second-order valence-corrected chi connectivity index (χ2v) is 13.6. The summed E-state index contributed by atoms with van der Waals surface area (Å²) in [5, 5.41) is 0. The largest absolute Gasteiger partial charge is 0.756 e. The molecule has 39 heavy (non-hydrogen) atoms. The third-order valence-electron chi connectivity index (χ3n) is 7.17. The highest BCUT2D eigenvalue weighted by Crippen LogP contribution is 2.45. The van der Waals surface area contributed by atoms with Crippen LogP contribution in [-0.2, 0) is 23.2 Å². The Labute approximate surface area is 241 Å². The number of hydrogen-bond donors (Lipinski definition) is 0. The van der Waals surface area contributed by atoms with E-state index < -0.39 is 25.0 Å². The van der Waals surface area contributed by atoms with Gasteiger partial charge in [0.1, 0.15) is 6.54 Å². The molecule has 0 aliphatic carbocycles. The predicted molar refractivity (Wildman–Crippen MR) is 160 cm³/mol. The molecule has 0 aliphatic heterocycles. The molecular formula is C31H62NO6P. The van der Waals surface area contributed by atoms with Crippen LogP contribution in [0.25, 0.3) is 0 Å². The normalized spacial score (nSPS) is 13.9. The summed E-state index contributed by atoms with van der Waals surface area (Å²) in [5.41, 5.74) is -2.04. The van der Waals surface area contributed by atoms with Crippen LogP contribution in [0.3, 0.4) is 0 Å². The van der Waals surface area contributed by atoms with E-state index in [1.54, 1.807) is 6.92 Å². The van der Waals surface area contributed by atoms with E-state index in [1.165, 1.54) is 64.2 Å². The molecule has 0 aromatic carbocycles. The summed E-state index contributed by atoms with van der Waals surface area (Å²) in [7, 11) is 0.682. The quantitative estimate of drug-likeness (QED) is 0.0407. The van der Waals surface area contributed by atoms with Gasteiger partial charge in [0.25, 0.3) is 7.82 Å². The molecule has 0 amide bonds. The maximum atomic E-state index is 13.7. The number of likely N-dealkylation sites (N-methyl/N-ethyl adjacent to an activating group) is 1. The van der Waals surface area contributed by atoms with Crippen LogP contribution in [0.1, 0.15) is 149 Å². The summed E-state index contributed by atoms with van der Waals surface area (Å²) in [6, 6.07) is 0. The van der Waals surface area contributed by atoms with Gasteiger partial charge in [0.2, 0.25) is 5.60 Å². The molecule has 7 nitrogen and oxygen atoms in total. The van der Waals surface area contributed by atoms with Crippen molar-refractivity contribution >= 4 is 19.4 Å². The first-order valence-corrected chi connectivity index (χ1v) is 17.4. The molecule has 0 saturated heterocycles. The number of carbonyl (C=O) groups excluding carboxylic acids is 2. The van der Waals surface area contributed by atoms with Crippen molar-refractivity contribution in [2.24, 2.45) is 0 Å². The molecule has 0 spiro atoms. The van der Waals surface area contributed by atoms with E-state index >= 15 is 0 Å². The Bertz CT molecular complexity index is 657. The van der Waals surface area contributed by atoms with Crippen LogP contribution in [0.2, 0.25) is 0 Å². The molecule has 232 valence electrons. The van der Waals surface area contributed by atoms with Gasteiger partial charge in [-0.2, -0.15) is 0 Å². The van der Waals surface area contributed by atoms with Crippen LogP contribution in [0, 0.1) is 0 Å². The summed E-state index contributed by atoms with van der Waals surface area (Å²) < 4.78 is 23.2. The molecule has 0 N–H and O–H groups in total. The van der Waals surface area contributed by atoms with Gasteiger partial charge in [-0.25, -0.2) is 0 Å². The Hall–Kier alpha value is -0.590. The Kier molecular flexibility index (Phi) is 21.7. The number of rotatable bonds is 28. The number of phosphoric acid groups is 1. The lowest BCUT2D eigenvalue weighted by atomic mass is 9.86. The highest BCUT2D eigenvalue weighted by molar-refractivity contribution is 7.46. The van der Waals surface area contributed by atoms with Crippen LogP contribution in [0.4, 0.5) is 0 Å². The van der Waals surface area contributed by atoms with Crippen molar-refractivity contribution in [2.45, 2.75) is 155 Å². The van der Waals surface area contributed by atoms with Gasteiger partial charge in [-0.05, 0) is 19.8 Å². The molecule has 0 aliphatic rings. The predicted octanol–water partition coefficient (Wildman–Crippen LogP) is 7.93. The maximum absolute atomic E-state index is 13.7. The molecule has 0 rings (SSSR count). The molecule has 1 unspecified atom stereocenters. The van der Waals surface area contributed by atoms with Crippen LogP contribution in [0.15, 0.2) is 0 Å². The Morgan fingerprint density at radius 3 is 1.28 bits per heavy atom. The van der Waals surface area contributed by atoms with E-state index in [0.29, 0.717) is 12.8 Å². The highest BCUT2D eigenvalue weighted by atomic mass is 31.2. The lowest BCUT2D eigenvalue weighted by Crippen LogP contribution is -2.60. The molecule has 0 bridgehead atoms. The first kappa shape index (κ1) is 38.4. The van der Waals surface area contributed by atoms with Crippen molar-refractivity contribution in [3.8, 4) is 0 Å². The van der Waals surface area contributed by atoms with Gasteiger partial charge in [-0.15, -0.1) is 0 Å². The number of Topliss-reactive ketones (excluding diaryl/α,β-unsaturated/α-hetero) is 2. The van der Waals surface area contributed by atoms with E-state index in [4.69, 9.17) is 9.05 Å². The van der Waals surface area contributed by atoms with Gasteiger partial charge >= 0.3 is 0 Å². The SMILES string of the molecule is CCCCCCCCCCCC(=O)C(C[N+](C)(C)C)(OP(=O)([O-])OCC)C(=O)CCCCCCCCCCC. The number of quaternary nitrogens is 1. The first-order valence-electron chi connectivity index (χ1n) is 16.0. The lowest BCUT2D eigenvalue weighted by Gasteiger charge is -2.40. The molecule has 0 radical (unpaired) electrons. The average molecular weight is 576 g/mol. The monoisotopic (exact) mass is 575 g/mol. The number of hydrogen-bond acceptors (Lipinski definition) is 6. The second-order valence-electron chi connectivity index (χ2n) is 12.2. The third kappa shape index (κ3) is 19.2. The van der Waals surface area contributed by atoms with Crippen LogP contribution < -0.4 is 4.89 Å². The van der Waals surface area contributed by atoms with E-state index in [1.807, 2.05) is 21.1 Å². The van der Waals surface area contributed by atoms with Crippen molar-refractivity contribution in [1.82, 2.24) is 0 Å². The number of nitrogens with zero attached hydrogens (tertiary/aromatic N) is 1. The number of unbranched alkanes of at least 4 members (excludes halogenated alkanes) is 16. The molecule has 8 heteroatoms. The highest BCUT2D eigenvalue weighted by Gasteiger charge is 2.52. The Balaban J connectivity index is 5.24. The summed E-state index contributed by atoms with van der Waals surface area (Å²) in [4.78, 5) is 40.0. The minimum Gasteiger partial charge on any atom is -0.756 e. The first-order chi connectivity index (χ1) is 18.4. The molecule has 1 atom stereocenters. The topological polar surface area (TPSA) is 92.7 Å². The fraction of sp³-hybridized carbons (Fsp3) is 0.935. The van der Waals surface area contributed by atoms with Gasteiger partial charge in [0, 0.05) is 12.8 Å². The van der Waals surface area contributed by atoms with Crippen LogP contribution in [-0.4, -0.2) is 55.9 Å². The van der Waals surface area contributed by atoms with Crippen LogP contribution >= 0.6 is 7.82 Å². The summed E-state index contributed by atoms with van der Waals surface area (Å²) in [6.07, 6.45) is 20.1. The van der Waals surface area contributed by atoms with Crippen LogP contribution in [0.5, 0.6) is 0 Å². The van der Waals surface area contributed by atoms with Gasteiger partial charge in [-0.1, -0.05) is 117 Å². The van der Waals surface area contributed by atoms with Crippen molar-refractivity contribution in [1.29, 1.82) is 0 Å². The summed E-state index contributed by atoms with van der Waals surface area (Å²) in [5.74, 6) is -0.870. The minimum atomic E-state index is -4.84. The standard InChI is InChI=1S/C31H62NO6P/c1-7-10-12-14-16-18-20-22-24-26-29(33)31(28-32(4,5)6,38-39(35,36)37-9-3)30(34)27-25-23-21-19-17-15-13-11-8-2/h7-28H2,1-6H3. The maximum Gasteiger partial charge on any atom is 0.269 e. The molecule has 0 aromatic rings. The average Bonchev–Trinajstić information content (AvgIpc) is 2.84. The molecule has 0 saturated carbocycles. The van der Waals surface area contributed by atoms with E-state index in [2.05, 4.69) is 13.8 Å². The fourth-order valence-electron chi connectivity index (χ4n) is 5.10. The number of phosphoric ester groups is 1. The van der Waals surface area contributed by atoms with Gasteiger partial charge in [0.05, 0.1) is 27.7 Å². The second kappa shape index (κ2) is 22.1. The minimum absolute atomic E-state index is 0.0428. The smallest absolute Gasteiger partial charge is 0.269 e. The Morgan fingerprint density at radius 1 is 0.641 bits per heavy atom. The zero-order valence-corrected chi connectivity index (χ0v) is 27.3. The molecular weight excluding hydrogens is 513 g/mol. The zero-order valence-electron chi connectivity index (χ0n) is 26.4. The summed E-state index contributed by atoms with van der Waals surface area (Å²) in [6.45, 7) is 5.81. The number of ketones is 2.